The lowest BCUT2D eigenvalue weighted by Gasteiger charge is -2.12. The minimum Gasteiger partial charge on any atom is -0.307 e. The van der Waals surface area contributed by atoms with Crippen LogP contribution >= 0.6 is 23.1 Å². The summed E-state index contributed by atoms with van der Waals surface area (Å²) in [4.78, 5) is 28.3. The van der Waals surface area contributed by atoms with Crippen LogP contribution < -0.4 is 10.6 Å². The van der Waals surface area contributed by atoms with Gasteiger partial charge in [-0.1, -0.05) is 29.5 Å². The third-order valence-corrected chi connectivity index (χ3v) is 5.30. The number of benzene rings is 1. The summed E-state index contributed by atoms with van der Waals surface area (Å²) in [7, 11) is 0. The van der Waals surface area contributed by atoms with Crippen molar-refractivity contribution in [1.29, 1.82) is 0 Å². The van der Waals surface area contributed by atoms with Crippen molar-refractivity contribution >= 4 is 40.7 Å². The molecular weight excluding hydrogens is 330 g/mol. The second-order valence-corrected chi connectivity index (χ2v) is 7.72. The molecule has 1 aromatic heterocycles. The predicted molar refractivity (Wildman–Crippen MR) is 95.2 cm³/mol. The van der Waals surface area contributed by atoms with Crippen molar-refractivity contribution in [2.24, 2.45) is 0 Å². The molecule has 0 aliphatic rings. The Hall–Kier alpha value is -1.86. The van der Waals surface area contributed by atoms with Crippen LogP contribution in [0.1, 0.15) is 23.7 Å². The van der Waals surface area contributed by atoms with Gasteiger partial charge in [-0.3, -0.25) is 10.1 Å². The van der Waals surface area contributed by atoms with Gasteiger partial charge in [-0.05, 0) is 39.3 Å². The van der Waals surface area contributed by atoms with Crippen molar-refractivity contribution in [1.82, 2.24) is 10.3 Å². The monoisotopic (exact) mass is 349 g/mol. The molecule has 0 unspecified atom stereocenters. The summed E-state index contributed by atoms with van der Waals surface area (Å²) in [6.07, 6.45) is 0. The number of hydrogen-bond acceptors (Lipinski definition) is 5. The maximum atomic E-state index is 12.1. The smallest absolute Gasteiger partial charge is 0.307 e. The fraction of sp³-hybridized carbons (Fsp3) is 0.312. The van der Waals surface area contributed by atoms with E-state index in [-0.39, 0.29) is 5.91 Å². The molecule has 2 aromatic rings. The van der Waals surface area contributed by atoms with E-state index in [2.05, 4.69) is 15.6 Å². The highest BCUT2D eigenvalue weighted by Crippen LogP contribution is 2.26. The number of nitrogens with zero attached hydrogens (tertiary/aromatic N) is 1. The first-order chi connectivity index (χ1) is 10.8. The van der Waals surface area contributed by atoms with E-state index in [1.807, 2.05) is 44.4 Å². The van der Waals surface area contributed by atoms with E-state index in [0.29, 0.717) is 5.69 Å². The second-order valence-electron chi connectivity index (χ2n) is 5.28. The molecule has 7 heteroatoms. The summed E-state index contributed by atoms with van der Waals surface area (Å²) in [6, 6.07) is 5.18. The van der Waals surface area contributed by atoms with Crippen molar-refractivity contribution in [2.45, 2.75) is 37.3 Å². The largest absolute Gasteiger partial charge is 0.325 e. The van der Waals surface area contributed by atoms with E-state index < -0.39 is 11.3 Å². The van der Waals surface area contributed by atoms with Crippen LogP contribution in [0.5, 0.6) is 0 Å². The fourth-order valence-electron chi connectivity index (χ4n) is 1.91. The molecule has 2 N–H and O–H groups in total. The molecule has 0 radical (unpaired) electrons. The molecule has 0 fully saturated rings. The van der Waals surface area contributed by atoms with E-state index in [4.69, 9.17) is 0 Å². The van der Waals surface area contributed by atoms with Crippen molar-refractivity contribution in [2.75, 3.05) is 5.32 Å². The standard InChI is InChI=1S/C16H19N3O2S2/c1-9-5-6-13(10(2)7-9)18-15(21)19-14(20)12(4)23-16-17-11(3)8-22-16/h5-8,12H,1-4H3,(H2,18,19,20,21)/t12-/m0/s1. The molecule has 1 atom stereocenters. The van der Waals surface area contributed by atoms with Crippen molar-refractivity contribution in [3.8, 4) is 0 Å². The van der Waals surface area contributed by atoms with E-state index in [1.54, 1.807) is 6.92 Å². The molecule has 0 aliphatic heterocycles. The first-order valence-electron chi connectivity index (χ1n) is 7.13. The lowest BCUT2D eigenvalue weighted by atomic mass is 10.1. The molecule has 1 aromatic carbocycles. The highest BCUT2D eigenvalue weighted by molar-refractivity contribution is 8.02. The number of amides is 3. The third-order valence-electron chi connectivity index (χ3n) is 3.11. The summed E-state index contributed by atoms with van der Waals surface area (Å²) in [5, 5.41) is 6.59. The summed E-state index contributed by atoms with van der Waals surface area (Å²) in [5.74, 6) is -0.342. The van der Waals surface area contributed by atoms with Crippen LogP contribution in [0.25, 0.3) is 0 Å². The Bertz CT molecular complexity index is 728. The number of anilines is 1. The summed E-state index contributed by atoms with van der Waals surface area (Å²) < 4.78 is 0.819. The van der Waals surface area contributed by atoms with E-state index >= 15 is 0 Å². The van der Waals surface area contributed by atoms with Crippen molar-refractivity contribution in [3.63, 3.8) is 0 Å². The van der Waals surface area contributed by atoms with Crippen LogP contribution in [0, 0.1) is 20.8 Å². The van der Waals surface area contributed by atoms with Crippen LogP contribution in [-0.2, 0) is 4.79 Å². The van der Waals surface area contributed by atoms with Gasteiger partial charge in [-0.25, -0.2) is 9.78 Å². The molecule has 0 saturated heterocycles. The van der Waals surface area contributed by atoms with Gasteiger partial charge >= 0.3 is 6.03 Å². The van der Waals surface area contributed by atoms with E-state index in [1.165, 1.54) is 23.1 Å². The number of rotatable bonds is 4. The molecule has 3 amide bonds. The van der Waals surface area contributed by atoms with Crippen LogP contribution in [0.2, 0.25) is 0 Å². The van der Waals surface area contributed by atoms with Gasteiger partial charge in [0.1, 0.15) is 0 Å². The average Bonchev–Trinajstić information content (AvgIpc) is 2.87. The third kappa shape index (κ3) is 5.07. The molecule has 1 heterocycles. The first-order valence-corrected chi connectivity index (χ1v) is 8.89. The number of aromatic nitrogens is 1. The zero-order valence-corrected chi connectivity index (χ0v) is 15.1. The van der Waals surface area contributed by atoms with Crippen molar-refractivity contribution < 1.29 is 9.59 Å². The number of thioether (sulfide) groups is 1. The molecule has 0 saturated carbocycles. The maximum absolute atomic E-state index is 12.1. The highest BCUT2D eigenvalue weighted by Gasteiger charge is 2.18. The molecule has 0 bridgehead atoms. The zero-order chi connectivity index (χ0) is 17.0. The van der Waals surface area contributed by atoms with Gasteiger partial charge in [-0.15, -0.1) is 11.3 Å². The van der Waals surface area contributed by atoms with Gasteiger partial charge in [-0.2, -0.15) is 0 Å². The van der Waals surface area contributed by atoms with E-state index in [9.17, 15) is 9.59 Å². The highest BCUT2D eigenvalue weighted by atomic mass is 32.2. The van der Waals surface area contributed by atoms with Gasteiger partial charge in [0.25, 0.3) is 0 Å². The predicted octanol–water partition coefficient (Wildman–Crippen LogP) is 3.90. The molecule has 2 rings (SSSR count). The minimum atomic E-state index is -0.523. The number of urea groups is 1. The van der Waals surface area contributed by atoms with Gasteiger partial charge in [0.15, 0.2) is 4.34 Å². The summed E-state index contributed by atoms with van der Waals surface area (Å²) in [5.41, 5.74) is 3.69. The van der Waals surface area contributed by atoms with Gasteiger partial charge < -0.3 is 5.32 Å². The molecule has 122 valence electrons. The molecule has 23 heavy (non-hydrogen) atoms. The SMILES string of the molecule is Cc1ccc(NC(=O)NC(=O)[C@H](C)Sc2nc(C)cs2)c(C)c1. The topological polar surface area (TPSA) is 71.1 Å². The lowest BCUT2D eigenvalue weighted by Crippen LogP contribution is -2.39. The molecule has 5 nitrogen and oxygen atoms in total. The number of carbonyl (C=O) groups is 2. The number of carbonyl (C=O) groups excluding carboxylic acids is 2. The van der Waals surface area contributed by atoms with E-state index in [0.717, 1.165) is 21.2 Å². The Morgan fingerprint density at radius 2 is 2.00 bits per heavy atom. The van der Waals surface area contributed by atoms with Gasteiger partial charge in [0.05, 0.1) is 5.25 Å². The second kappa shape index (κ2) is 7.61. The van der Waals surface area contributed by atoms with Crippen LogP contribution in [0.15, 0.2) is 27.9 Å². The number of hydrogen-bond donors (Lipinski definition) is 2. The number of thiazole rings is 1. The Morgan fingerprint density at radius 3 is 2.61 bits per heavy atom. The summed E-state index contributed by atoms with van der Waals surface area (Å²) in [6.45, 7) is 7.55. The van der Waals surface area contributed by atoms with Crippen molar-refractivity contribution in [3.05, 3.63) is 40.4 Å². The van der Waals surface area contributed by atoms with Gasteiger partial charge in [0.2, 0.25) is 5.91 Å². The maximum Gasteiger partial charge on any atom is 0.325 e. The number of nitrogens with one attached hydrogen (secondary N) is 2. The van der Waals surface area contributed by atoms with Gasteiger partial charge in [0, 0.05) is 16.8 Å². The zero-order valence-electron chi connectivity index (χ0n) is 13.5. The molecular formula is C16H19N3O2S2. The Kier molecular flexibility index (Phi) is 5.79. The molecule has 0 aliphatic carbocycles. The Balaban J connectivity index is 1.90. The van der Waals surface area contributed by atoms with Crippen LogP contribution in [0.4, 0.5) is 10.5 Å². The Labute approximate surface area is 143 Å². The normalized spacial score (nSPS) is 11.8. The Morgan fingerprint density at radius 1 is 1.26 bits per heavy atom. The lowest BCUT2D eigenvalue weighted by molar-refractivity contribution is -0.119. The summed E-state index contributed by atoms with van der Waals surface area (Å²) >= 11 is 2.83. The minimum absolute atomic E-state index is 0.342. The quantitative estimate of drug-likeness (QED) is 0.821. The molecule has 0 spiro atoms. The fourth-order valence-corrected chi connectivity index (χ4v) is 3.90. The average molecular weight is 349 g/mol. The number of imide groups is 1. The number of aryl methyl sites for hydroxylation is 3. The van der Waals surface area contributed by atoms with Crippen LogP contribution in [-0.4, -0.2) is 22.2 Å². The first kappa shape index (κ1) is 17.5. The van der Waals surface area contributed by atoms with Crippen LogP contribution in [0.3, 0.4) is 0 Å².